The van der Waals surface area contributed by atoms with Crippen molar-refractivity contribution in [2.75, 3.05) is 0 Å². The van der Waals surface area contributed by atoms with Crippen molar-refractivity contribution in [2.24, 2.45) is 0 Å². The highest BCUT2D eigenvalue weighted by molar-refractivity contribution is 5.84. The monoisotopic (exact) mass is 236 g/mol. The molecule has 1 unspecified atom stereocenters. The van der Waals surface area contributed by atoms with Gasteiger partial charge in [0.2, 0.25) is 0 Å². The Kier molecular flexibility index (Phi) is 2.05. The molecule has 0 saturated carbocycles. The zero-order chi connectivity index (χ0) is 11.9. The molecule has 1 aromatic heterocycles. The molecule has 0 bridgehead atoms. The molecule has 0 fully saturated rings. The molecular weight excluding hydrogens is 224 g/mol. The quantitative estimate of drug-likeness (QED) is 0.636. The van der Waals surface area contributed by atoms with Crippen LogP contribution in [0.15, 0.2) is 59.2 Å². The van der Waals surface area contributed by atoms with Crippen LogP contribution in [0, 0.1) is 0 Å². The van der Waals surface area contributed by atoms with E-state index in [4.69, 9.17) is 9.15 Å². The van der Waals surface area contributed by atoms with Gasteiger partial charge in [-0.05, 0) is 46.2 Å². The topological polar surface area (TPSA) is 22.4 Å². The lowest BCUT2D eigenvalue weighted by molar-refractivity contribution is 0.0785. The number of rotatable bonds is 1. The molecule has 0 spiro atoms. The predicted octanol–water partition coefficient (Wildman–Crippen LogP) is 4.05. The third kappa shape index (κ3) is 1.39. The van der Waals surface area contributed by atoms with Gasteiger partial charge in [0.1, 0.15) is 11.9 Å². The van der Waals surface area contributed by atoms with Crippen molar-refractivity contribution in [3.05, 3.63) is 71.7 Å². The van der Waals surface area contributed by atoms with Crippen molar-refractivity contribution in [3.63, 3.8) is 0 Å². The second kappa shape index (κ2) is 3.72. The molecule has 88 valence electrons. The molecule has 3 aromatic rings. The van der Waals surface area contributed by atoms with E-state index in [0.29, 0.717) is 6.61 Å². The van der Waals surface area contributed by atoms with Gasteiger partial charge in [-0.15, -0.1) is 0 Å². The van der Waals surface area contributed by atoms with E-state index in [1.54, 1.807) is 6.26 Å². The van der Waals surface area contributed by atoms with Crippen LogP contribution in [0.4, 0.5) is 0 Å². The van der Waals surface area contributed by atoms with E-state index in [1.807, 2.05) is 12.1 Å². The molecule has 2 heteroatoms. The fourth-order valence-electron chi connectivity index (χ4n) is 2.61. The summed E-state index contributed by atoms with van der Waals surface area (Å²) < 4.78 is 11.3. The standard InChI is InChI=1S/C16H12O2/c1-2-5-12-9-14-13(8-11(12)4-1)10-18-16(14)15-6-3-7-17-15/h1-9,16H,10H2. The summed E-state index contributed by atoms with van der Waals surface area (Å²) in [6.45, 7) is 0.658. The third-order valence-corrected chi connectivity index (χ3v) is 3.50. The molecule has 1 atom stereocenters. The lowest BCUT2D eigenvalue weighted by Crippen LogP contribution is -1.96. The van der Waals surface area contributed by atoms with Crippen LogP contribution in [0.3, 0.4) is 0 Å². The number of fused-ring (bicyclic) bond motifs is 2. The Hall–Kier alpha value is -2.06. The second-order valence-corrected chi connectivity index (χ2v) is 4.60. The summed E-state index contributed by atoms with van der Waals surface area (Å²) in [7, 11) is 0. The van der Waals surface area contributed by atoms with Crippen LogP contribution in [0.25, 0.3) is 10.8 Å². The Morgan fingerprint density at radius 2 is 1.78 bits per heavy atom. The molecule has 0 aliphatic carbocycles. The zero-order valence-corrected chi connectivity index (χ0v) is 9.80. The van der Waals surface area contributed by atoms with Crippen LogP contribution in [0.2, 0.25) is 0 Å². The van der Waals surface area contributed by atoms with Crippen molar-refractivity contribution in [1.82, 2.24) is 0 Å². The summed E-state index contributed by atoms with van der Waals surface area (Å²) in [5.41, 5.74) is 2.48. The van der Waals surface area contributed by atoms with Crippen LogP contribution in [-0.2, 0) is 11.3 Å². The first-order valence-electron chi connectivity index (χ1n) is 6.08. The molecule has 4 rings (SSSR count). The minimum absolute atomic E-state index is 0.0559. The lowest BCUT2D eigenvalue weighted by Gasteiger charge is -2.08. The number of hydrogen-bond acceptors (Lipinski definition) is 2. The van der Waals surface area contributed by atoms with E-state index in [9.17, 15) is 0 Å². The van der Waals surface area contributed by atoms with Gasteiger partial charge in [0.05, 0.1) is 12.9 Å². The van der Waals surface area contributed by atoms with Crippen molar-refractivity contribution in [2.45, 2.75) is 12.7 Å². The number of ether oxygens (including phenoxy) is 1. The highest BCUT2D eigenvalue weighted by Gasteiger charge is 2.27. The predicted molar refractivity (Wildman–Crippen MR) is 69.3 cm³/mol. The lowest BCUT2D eigenvalue weighted by atomic mass is 9.99. The van der Waals surface area contributed by atoms with Gasteiger partial charge < -0.3 is 9.15 Å². The molecule has 1 aliphatic heterocycles. The number of furan rings is 1. The van der Waals surface area contributed by atoms with Gasteiger partial charge in [0.25, 0.3) is 0 Å². The van der Waals surface area contributed by atoms with Gasteiger partial charge >= 0.3 is 0 Å². The molecule has 2 aromatic carbocycles. The van der Waals surface area contributed by atoms with E-state index in [-0.39, 0.29) is 6.10 Å². The largest absolute Gasteiger partial charge is 0.466 e. The van der Waals surface area contributed by atoms with Gasteiger partial charge in [0.15, 0.2) is 0 Å². The summed E-state index contributed by atoms with van der Waals surface area (Å²) >= 11 is 0. The highest BCUT2D eigenvalue weighted by Crippen LogP contribution is 2.38. The van der Waals surface area contributed by atoms with Crippen LogP contribution in [0.5, 0.6) is 0 Å². The Bertz CT molecular complexity index is 698. The van der Waals surface area contributed by atoms with Crippen molar-refractivity contribution in [1.29, 1.82) is 0 Å². The van der Waals surface area contributed by atoms with E-state index < -0.39 is 0 Å². The molecular formula is C16H12O2. The first-order valence-corrected chi connectivity index (χ1v) is 6.08. The minimum atomic E-state index is -0.0559. The first-order chi connectivity index (χ1) is 8.92. The first kappa shape index (κ1) is 9.92. The van der Waals surface area contributed by atoms with Gasteiger partial charge in [-0.1, -0.05) is 24.3 Å². The Morgan fingerprint density at radius 3 is 2.56 bits per heavy atom. The fourth-order valence-corrected chi connectivity index (χ4v) is 2.61. The third-order valence-electron chi connectivity index (χ3n) is 3.50. The Labute approximate surface area is 105 Å². The second-order valence-electron chi connectivity index (χ2n) is 4.60. The maximum Gasteiger partial charge on any atom is 0.141 e. The van der Waals surface area contributed by atoms with Crippen LogP contribution in [0.1, 0.15) is 23.0 Å². The molecule has 2 nitrogen and oxygen atoms in total. The summed E-state index contributed by atoms with van der Waals surface area (Å²) in [6.07, 6.45) is 1.64. The zero-order valence-electron chi connectivity index (χ0n) is 9.80. The number of benzene rings is 2. The van der Waals surface area contributed by atoms with Gasteiger partial charge in [-0.25, -0.2) is 0 Å². The van der Waals surface area contributed by atoms with Crippen LogP contribution < -0.4 is 0 Å². The van der Waals surface area contributed by atoms with E-state index in [1.165, 1.54) is 21.9 Å². The van der Waals surface area contributed by atoms with Crippen molar-refractivity contribution in [3.8, 4) is 0 Å². The summed E-state index contributed by atoms with van der Waals surface area (Å²) in [6, 6.07) is 16.7. The molecule has 1 aliphatic rings. The highest BCUT2D eigenvalue weighted by atomic mass is 16.5. The SMILES string of the molecule is c1coc(C2OCc3cc4ccccc4cc32)c1. The smallest absolute Gasteiger partial charge is 0.141 e. The molecule has 0 N–H and O–H groups in total. The Morgan fingerprint density at radius 1 is 0.944 bits per heavy atom. The molecule has 0 amide bonds. The summed E-state index contributed by atoms with van der Waals surface area (Å²) in [4.78, 5) is 0. The maximum absolute atomic E-state index is 5.85. The molecule has 0 saturated heterocycles. The van der Waals surface area contributed by atoms with E-state index in [0.717, 1.165) is 5.76 Å². The molecule has 18 heavy (non-hydrogen) atoms. The normalized spacial score (nSPS) is 18.1. The van der Waals surface area contributed by atoms with E-state index >= 15 is 0 Å². The van der Waals surface area contributed by atoms with Gasteiger partial charge in [-0.2, -0.15) is 0 Å². The summed E-state index contributed by atoms with van der Waals surface area (Å²) in [5, 5.41) is 2.51. The Balaban J connectivity index is 1.91. The van der Waals surface area contributed by atoms with Crippen molar-refractivity contribution < 1.29 is 9.15 Å². The average Bonchev–Trinajstić information content (AvgIpc) is 3.04. The van der Waals surface area contributed by atoms with Gasteiger partial charge in [-0.3, -0.25) is 0 Å². The fraction of sp³-hybridized carbons (Fsp3) is 0.125. The van der Waals surface area contributed by atoms with Crippen LogP contribution in [-0.4, -0.2) is 0 Å². The maximum atomic E-state index is 5.85. The van der Waals surface area contributed by atoms with Crippen molar-refractivity contribution >= 4 is 10.8 Å². The van der Waals surface area contributed by atoms with E-state index in [2.05, 4.69) is 36.4 Å². The average molecular weight is 236 g/mol. The molecule has 2 heterocycles. The molecule has 0 radical (unpaired) electrons. The van der Waals surface area contributed by atoms with Crippen LogP contribution >= 0.6 is 0 Å². The number of hydrogen-bond donors (Lipinski definition) is 0. The van der Waals surface area contributed by atoms with Gasteiger partial charge in [0, 0.05) is 0 Å². The summed E-state index contributed by atoms with van der Waals surface area (Å²) in [5.74, 6) is 0.879. The minimum Gasteiger partial charge on any atom is -0.466 e.